The molecule has 1 aliphatic heterocycles. The third-order valence-corrected chi connectivity index (χ3v) is 5.44. The van der Waals surface area contributed by atoms with Gasteiger partial charge in [-0.25, -0.2) is 4.39 Å². The predicted octanol–water partition coefficient (Wildman–Crippen LogP) is 3.61. The van der Waals surface area contributed by atoms with Crippen LogP contribution < -0.4 is 5.32 Å². The van der Waals surface area contributed by atoms with Crippen molar-refractivity contribution in [3.8, 4) is 11.3 Å². The first-order valence-electron chi connectivity index (χ1n) is 9.75. The molecule has 2 unspecified atom stereocenters. The zero-order valence-corrected chi connectivity index (χ0v) is 15.8. The molecule has 5 nitrogen and oxygen atoms in total. The summed E-state index contributed by atoms with van der Waals surface area (Å²) in [7, 11) is 0. The molecule has 1 amide bonds. The minimum absolute atomic E-state index is 0.133. The third kappa shape index (κ3) is 4.21. The van der Waals surface area contributed by atoms with Crippen LogP contribution in [0.25, 0.3) is 11.3 Å². The molecule has 1 N–H and O–H groups in total. The Morgan fingerprint density at radius 2 is 2.04 bits per heavy atom. The smallest absolute Gasteiger partial charge is 0.237 e. The zero-order chi connectivity index (χ0) is 19.0. The largest absolute Gasteiger partial charge is 0.356 e. The maximum Gasteiger partial charge on any atom is 0.237 e. The summed E-state index contributed by atoms with van der Waals surface area (Å²) in [5, 5.41) is 7.42. The van der Waals surface area contributed by atoms with Crippen molar-refractivity contribution in [2.75, 3.05) is 6.54 Å². The van der Waals surface area contributed by atoms with Crippen LogP contribution in [0.4, 0.5) is 4.39 Å². The Morgan fingerprint density at radius 3 is 2.70 bits per heavy atom. The Labute approximate surface area is 158 Å². The van der Waals surface area contributed by atoms with Crippen molar-refractivity contribution in [1.82, 2.24) is 15.4 Å². The minimum atomic E-state index is -0.277. The number of aromatic nitrogens is 1. The van der Waals surface area contributed by atoms with E-state index in [1.54, 1.807) is 12.1 Å². The van der Waals surface area contributed by atoms with E-state index in [0.717, 1.165) is 24.2 Å². The van der Waals surface area contributed by atoms with Gasteiger partial charge in [0.15, 0.2) is 5.76 Å². The van der Waals surface area contributed by atoms with E-state index in [0.29, 0.717) is 24.1 Å². The van der Waals surface area contributed by atoms with Crippen LogP contribution in [0.5, 0.6) is 0 Å². The maximum absolute atomic E-state index is 13.1. The van der Waals surface area contributed by atoms with E-state index >= 15 is 0 Å². The molecule has 1 saturated carbocycles. The van der Waals surface area contributed by atoms with Crippen molar-refractivity contribution in [1.29, 1.82) is 0 Å². The normalized spacial score (nSPS) is 23.6. The van der Waals surface area contributed by atoms with Crippen LogP contribution in [0.1, 0.15) is 38.8 Å². The molecule has 27 heavy (non-hydrogen) atoms. The van der Waals surface area contributed by atoms with Crippen molar-refractivity contribution in [2.24, 2.45) is 11.8 Å². The summed E-state index contributed by atoms with van der Waals surface area (Å²) in [6, 6.07) is 8.17. The van der Waals surface area contributed by atoms with Gasteiger partial charge in [-0.05, 0) is 55.4 Å². The fourth-order valence-electron chi connectivity index (χ4n) is 3.86. The van der Waals surface area contributed by atoms with Gasteiger partial charge in [0, 0.05) is 30.8 Å². The van der Waals surface area contributed by atoms with Gasteiger partial charge in [-0.1, -0.05) is 19.0 Å². The first-order chi connectivity index (χ1) is 13.0. The van der Waals surface area contributed by atoms with E-state index in [4.69, 9.17) is 4.52 Å². The molecule has 0 spiro atoms. The molecule has 0 radical (unpaired) electrons. The van der Waals surface area contributed by atoms with Gasteiger partial charge in [0.05, 0.1) is 11.7 Å². The first-order valence-corrected chi connectivity index (χ1v) is 9.75. The summed E-state index contributed by atoms with van der Waals surface area (Å²) in [6.45, 7) is 5.72. The van der Waals surface area contributed by atoms with Gasteiger partial charge in [0.25, 0.3) is 0 Å². The highest BCUT2D eigenvalue weighted by molar-refractivity contribution is 5.83. The highest BCUT2D eigenvalue weighted by atomic mass is 19.1. The molecule has 2 atom stereocenters. The van der Waals surface area contributed by atoms with E-state index in [1.165, 1.54) is 25.0 Å². The molecule has 2 heterocycles. The first kappa shape index (κ1) is 18.2. The molecule has 1 aliphatic carbocycles. The number of piperazine rings is 1. The predicted molar refractivity (Wildman–Crippen MR) is 100 cm³/mol. The van der Waals surface area contributed by atoms with Gasteiger partial charge in [-0.3, -0.25) is 9.69 Å². The molecule has 1 aromatic heterocycles. The van der Waals surface area contributed by atoms with Crippen LogP contribution in [0.3, 0.4) is 0 Å². The monoisotopic (exact) mass is 371 g/mol. The Kier molecular flexibility index (Phi) is 5.00. The van der Waals surface area contributed by atoms with Gasteiger partial charge >= 0.3 is 0 Å². The standard InChI is InChI=1S/C21H26FN3O2/c1-13(2)9-19-21(26)23-18(14-3-4-14)12-25(19)11-17-10-20(27-24-17)15-5-7-16(22)8-6-15/h5-8,10,13-14,18-19H,3-4,9,11-12H2,1-2H3,(H,23,26). The van der Waals surface area contributed by atoms with Crippen LogP contribution in [0, 0.1) is 17.7 Å². The number of nitrogens with one attached hydrogen (secondary N) is 1. The van der Waals surface area contributed by atoms with Gasteiger partial charge in [-0.2, -0.15) is 0 Å². The Bertz CT molecular complexity index is 798. The SMILES string of the molecule is CC(C)CC1C(=O)NC(C2CC2)CN1Cc1cc(-c2ccc(F)cc2)on1. The Hall–Kier alpha value is -2.21. The minimum Gasteiger partial charge on any atom is -0.356 e. The molecule has 0 bridgehead atoms. The lowest BCUT2D eigenvalue weighted by Crippen LogP contribution is -2.60. The second-order valence-corrected chi connectivity index (χ2v) is 8.22. The van der Waals surface area contributed by atoms with Crippen molar-refractivity contribution >= 4 is 5.91 Å². The quantitative estimate of drug-likeness (QED) is 0.843. The highest BCUT2D eigenvalue weighted by Gasteiger charge is 2.41. The van der Waals surface area contributed by atoms with E-state index in [1.807, 2.05) is 6.07 Å². The Morgan fingerprint density at radius 1 is 1.30 bits per heavy atom. The molecule has 1 aromatic carbocycles. The third-order valence-electron chi connectivity index (χ3n) is 5.44. The molecule has 2 aromatic rings. The van der Waals surface area contributed by atoms with Crippen molar-refractivity contribution in [3.63, 3.8) is 0 Å². The lowest BCUT2D eigenvalue weighted by molar-refractivity contribution is -0.132. The molecular formula is C21H26FN3O2. The lowest BCUT2D eigenvalue weighted by atomic mass is 9.96. The summed E-state index contributed by atoms with van der Waals surface area (Å²) < 4.78 is 18.6. The van der Waals surface area contributed by atoms with Gasteiger partial charge in [-0.15, -0.1) is 0 Å². The fourth-order valence-corrected chi connectivity index (χ4v) is 3.86. The van der Waals surface area contributed by atoms with Gasteiger partial charge in [0.1, 0.15) is 5.82 Å². The molecule has 4 rings (SSSR count). The van der Waals surface area contributed by atoms with Crippen molar-refractivity contribution in [3.05, 3.63) is 41.8 Å². The van der Waals surface area contributed by atoms with E-state index < -0.39 is 0 Å². The topological polar surface area (TPSA) is 58.4 Å². The van der Waals surface area contributed by atoms with Crippen molar-refractivity contribution < 1.29 is 13.7 Å². The van der Waals surface area contributed by atoms with E-state index in [-0.39, 0.29) is 23.8 Å². The number of carbonyl (C=O) groups excluding carboxylic acids is 1. The average Bonchev–Trinajstić information content (AvgIpc) is 3.38. The number of nitrogens with zero attached hydrogens (tertiary/aromatic N) is 2. The second-order valence-electron chi connectivity index (χ2n) is 8.22. The highest BCUT2D eigenvalue weighted by Crippen LogP contribution is 2.35. The molecule has 144 valence electrons. The van der Waals surface area contributed by atoms with Gasteiger partial charge in [0.2, 0.25) is 5.91 Å². The molecule has 2 aliphatic rings. The van der Waals surface area contributed by atoms with Crippen LogP contribution >= 0.6 is 0 Å². The lowest BCUT2D eigenvalue weighted by Gasteiger charge is -2.40. The van der Waals surface area contributed by atoms with Gasteiger partial charge < -0.3 is 9.84 Å². The van der Waals surface area contributed by atoms with Crippen LogP contribution in [-0.4, -0.2) is 34.6 Å². The summed E-state index contributed by atoms with van der Waals surface area (Å²) >= 11 is 0. The molecule has 6 heteroatoms. The van der Waals surface area contributed by atoms with Crippen LogP contribution in [-0.2, 0) is 11.3 Å². The number of halogens is 1. The second kappa shape index (κ2) is 7.43. The van der Waals surface area contributed by atoms with Crippen LogP contribution in [0.2, 0.25) is 0 Å². The number of carbonyl (C=O) groups is 1. The Balaban J connectivity index is 1.51. The molecular weight excluding hydrogens is 345 g/mol. The van der Waals surface area contributed by atoms with E-state index in [2.05, 4.69) is 29.2 Å². The maximum atomic E-state index is 13.1. The number of rotatable bonds is 6. The summed E-state index contributed by atoms with van der Waals surface area (Å²) in [5.41, 5.74) is 1.59. The van der Waals surface area contributed by atoms with Crippen molar-refractivity contribution in [2.45, 2.75) is 51.7 Å². The number of hydrogen-bond acceptors (Lipinski definition) is 4. The summed E-state index contributed by atoms with van der Waals surface area (Å²) in [4.78, 5) is 14.9. The van der Waals surface area contributed by atoms with Crippen LogP contribution in [0.15, 0.2) is 34.9 Å². The number of amides is 1. The number of benzene rings is 1. The fraction of sp³-hybridized carbons (Fsp3) is 0.524. The molecule has 2 fully saturated rings. The van der Waals surface area contributed by atoms with E-state index in [9.17, 15) is 9.18 Å². The summed E-state index contributed by atoms with van der Waals surface area (Å²) in [5.74, 6) is 1.52. The summed E-state index contributed by atoms with van der Waals surface area (Å²) in [6.07, 6.45) is 3.23. The average molecular weight is 371 g/mol. The molecule has 1 saturated heterocycles. The number of hydrogen-bond donors (Lipinski definition) is 1. The zero-order valence-electron chi connectivity index (χ0n) is 15.8.